The van der Waals surface area contributed by atoms with Crippen molar-refractivity contribution in [3.05, 3.63) is 88.4 Å². The maximum Gasteiger partial charge on any atom is 0.239 e. The van der Waals surface area contributed by atoms with Crippen molar-refractivity contribution in [2.45, 2.75) is 6.54 Å². The van der Waals surface area contributed by atoms with Crippen molar-refractivity contribution in [1.82, 2.24) is 4.31 Å². The Labute approximate surface area is 191 Å². The van der Waals surface area contributed by atoms with Gasteiger partial charge in [-0.25, -0.2) is 8.42 Å². The van der Waals surface area contributed by atoms with Crippen LogP contribution < -0.4 is 10.1 Å². The van der Waals surface area contributed by atoms with Crippen LogP contribution in [0.2, 0.25) is 10.0 Å². The molecule has 9 heteroatoms. The van der Waals surface area contributed by atoms with E-state index >= 15 is 0 Å². The van der Waals surface area contributed by atoms with E-state index in [1.807, 2.05) is 30.3 Å². The number of rotatable bonds is 8. The lowest BCUT2D eigenvalue weighted by Crippen LogP contribution is -2.36. The van der Waals surface area contributed by atoms with Crippen molar-refractivity contribution in [3.63, 3.8) is 0 Å². The Hall–Kier alpha value is -2.58. The first-order valence-electron chi connectivity index (χ1n) is 9.22. The Kier molecular flexibility index (Phi) is 7.56. The monoisotopic (exact) mass is 478 g/mol. The van der Waals surface area contributed by atoms with Crippen molar-refractivity contribution < 1.29 is 17.9 Å². The topological polar surface area (TPSA) is 75.7 Å². The number of hydrogen-bond donors (Lipinski definition) is 1. The smallest absolute Gasteiger partial charge is 0.239 e. The first-order chi connectivity index (χ1) is 14.7. The summed E-state index contributed by atoms with van der Waals surface area (Å²) < 4.78 is 31.1. The second-order valence-corrected chi connectivity index (χ2v) is 9.56. The first-order valence-corrected chi connectivity index (χ1v) is 11.8. The van der Waals surface area contributed by atoms with Gasteiger partial charge in [0.1, 0.15) is 11.5 Å². The Morgan fingerprint density at radius 1 is 0.935 bits per heavy atom. The third kappa shape index (κ3) is 6.97. The predicted molar refractivity (Wildman–Crippen MR) is 123 cm³/mol. The molecular weight excluding hydrogens is 459 g/mol. The minimum atomic E-state index is -3.64. The zero-order chi connectivity index (χ0) is 22.4. The van der Waals surface area contributed by atoms with E-state index in [2.05, 4.69) is 5.32 Å². The maximum atomic E-state index is 12.5. The van der Waals surface area contributed by atoms with E-state index in [0.29, 0.717) is 32.8 Å². The number of nitrogens with zero attached hydrogens (tertiary/aromatic N) is 1. The molecule has 3 rings (SSSR count). The number of benzene rings is 3. The number of carbonyl (C=O) groups is 1. The van der Waals surface area contributed by atoms with Gasteiger partial charge < -0.3 is 10.1 Å². The van der Waals surface area contributed by atoms with Crippen molar-refractivity contribution in [2.75, 3.05) is 18.1 Å². The van der Waals surface area contributed by atoms with Crippen LogP contribution in [0.15, 0.2) is 72.8 Å². The van der Waals surface area contributed by atoms with E-state index in [1.54, 1.807) is 42.5 Å². The van der Waals surface area contributed by atoms with Crippen LogP contribution in [0.4, 0.5) is 5.69 Å². The van der Waals surface area contributed by atoms with E-state index in [0.717, 1.165) is 10.6 Å². The highest BCUT2D eigenvalue weighted by atomic mass is 35.5. The molecule has 0 saturated heterocycles. The van der Waals surface area contributed by atoms with Gasteiger partial charge in [-0.15, -0.1) is 0 Å². The molecule has 0 unspecified atom stereocenters. The Morgan fingerprint density at radius 3 is 2.19 bits per heavy atom. The number of hydrogen-bond acceptors (Lipinski definition) is 4. The Bertz CT molecular complexity index is 1150. The number of ether oxygens (including phenoxy) is 1. The number of carbonyl (C=O) groups excluding carboxylic acids is 1. The fourth-order valence-corrected chi connectivity index (χ4v) is 3.78. The molecule has 0 fully saturated rings. The summed E-state index contributed by atoms with van der Waals surface area (Å²) in [6, 6.07) is 20.9. The lowest BCUT2D eigenvalue weighted by molar-refractivity contribution is -0.116. The van der Waals surface area contributed by atoms with Gasteiger partial charge in [0, 0.05) is 12.2 Å². The number of nitrogens with one attached hydrogen (secondary N) is 1. The van der Waals surface area contributed by atoms with Crippen LogP contribution in [-0.2, 0) is 21.4 Å². The maximum absolute atomic E-state index is 12.5. The van der Waals surface area contributed by atoms with Gasteiger partial charge >= 0.3 is 0 Å². The number of para-hydroxylation sites is 1. The lowest BCUT2D eigenvalue weighted by Gasteiger charge is -2.20. The van der Waals surface area contributed by atoms with E-state index in [4.69, 9.17) is 27.9 Å². The van der Waals surface area contributed by atoms with Gasteiger partial charge in [0.05, 0.1) is 22.8 Å². The highest BCUT2D eigenvalue weighted by Gasteiger charge is 2.21. The zero-order valence-corrected chi connectivity index (χ0v) is 18.9. The summed E-state index contributed by atoms with van der Waals surface area (Å²) in [4.78, 5) is 12.5. The summed E-state index contributed by atoms with van der Waals surface area (Å²) >= 11 is 11.9. The molecule has 0 aliphatic carbocycles. The molecule has 0 aromatic heterocycles. The second-order valence-electron chi connectivity index (χ2n) is 6.77. The lowest BCUT2D eigenvalue weighted by atomic mass is 10.2. The van der Waals surface area contributed by atoms with Crippen molar-refractivity contribution in [3.8, 4) is 11.5 Å². The van der Waals surface area contributed by atoms with Crippen molar-refractivity contribution >= 4 is 44.8 Å². The van der Waals surface area contributed by atoms with E-state index < -0.39 is 15.9 Å². The normalized spacial score (nSPS) is 11.4. The second kappa shape index (κ2) is 10.2. The van der Waals surface area contributed by atoms with Crippen LogP contribution in [0.25, 0.3) is 0 Å². The van der Waals surface area contributed by atoms with Gasteiger partial charge in [0.15, 0.2) is 0 Å². The van der Waals surface area contributed by atoms with Gasteiger partial charge in [-0.05, 0) is 54.1 Å². The highest BCUT2D eigenvalue weighted by Crippen LogP contribution is 2.24. The number of halogens is 2. The fraction of sp³-hybridized carbons (Fsp3) is 0.136. The van der Waals surface area contributed by atoms with E-state index in [1.165, 1.54) is 0 Å². The Morgan fingerprint density at radius 2 is 1.58 bits per heavy atom. The van der Waals surface area contributed by atoms with Crippen LogP contribution >= 0.6 is 23.2 Å². The SMILES string of the molecule is CS(=O)(=O)N(CC(=O)Nc1ccc(Oc2ccccc2)cc1)Cc1ccc(Cl)c(Cl)c1. The standard InChI is InChI=1S/C22H20Cl2N2O4S/c1-31(28,29)26(14-16-7-12-20(23)21(24)13-16)15-22(27)25-17-8-10-19(11-9-17)30-18-5-3-2-4-6-18/h2-13H,14-15H2,1H3,(H,25,27). The van der Waals surface area contributed by atoms with Crippen LogP contribution in [0.1, 0.15) is 5.56 Å². The quantitative estimate of drug-likeness (QED) is 0.483. The van der Waals surface area contributed by atoms with E-state index in [9.17, 15) is 13.2 Å². The van der Waals surface area contributed by atoms with Gasteiger partial charge in [0.2, 0.25) is 15.9 Å². The minimum Gasteiger partial charge on any atom is -0.457 e. The van der Waals surface area contributed by atoms with Crippen LogP contribution in [-0.4, -0.2) is 31.4 Å². The average molecular weight is 479 g/mol. The number of amides is 1. The molecule has 0 saturated carbocycles. The summed E-state index contributed by atoms with van der Waals surface area (Å²) in [5.41, 5.74) is 1.14. The fourth-order valence-electron chi connectivity index (χ4n) is 2.72. The minimum absolute atomic E-state index is 0.00695. The van der Waals surface area contributed by atoms with E-state index in [-0.39, 0.29) is 13.1 Å². The van der Waals surface area contributed by atoms with Gasteiger partial charge in [0.25, 0.3) is 0 Å². The third-order valence-corrected chi connectivity index (χ3v) is 6.18. The summed E-state index contributed by atoms with van der Waals surface area (Å²) in [5, 5.41) is 3.38. The summed E-state index contributed by atoms with van der Waals surface area (Å²) in [7, 11) is -3.64. The highest BCUT2D eigenvalue weighted by molar-refractivity contribution is 7.88. The van der Waals surface area contributed by atoms with Crippen LogP contribution in [0.3, 0.4) is 0 Å². The predicted octanol–water partition coefficient (Wildman–Crippen LogP) is 5.19. The molecule has 0 atom stereocenters. The first kappa shape index (κ1) is 23.1. The molecule has 1 amide bonds. The summed E-state index contributed by atoms with van der Waals surface area (Å²) in [5.74, 6) is 0.842. The molecule has 31 heavy (non-hydrogen) atoms. The van der Waals surface area contributed by atoms with Crippen molar-refractivity contribution in [2.24, 2.45) is 0 Å². The van der Waals surface area contributed by atoms with Gasteiger partial charge in [-0.2, -0.15) is 4.31 Å². The third-order valence-electron chi connectivity index (χ3n) is 4.25. The molecule has 0 aliphatic heterocycles. The average Bonchev–Trinajstić information content (AvgIpc) is 2.72. The van der Waals surface area contributed by atoms with Crippen molar-refractivity contribution in [1.29, 1.82) is 0 Å². The van der Waals surface area contributed by atoms with Gasteiger partial charge in [-0.3, -0.25) is 4.79 Å². The van der Waals surface area contributed by atoms with Gasteiger partial charge in [-0.1, -0.05) is 47.5 Å². The molecular formula is C22H20Cl2N2O4S. The molecule has 3 aromatic rings. The molecule has 0 radical (unpaired) electrons. The molecule has 0 aliphatic rings. The number of anilines is 1. The number of sulfonamides is 1. The molecule has 0 heterocycles. The largest absolute Gasteiger partial charge is 0.457 e. The molecule has 0 bridgehead atoms. The molecule has 6 nitrogen and oxygen atoms in total. The zero-order valence-electron chi connectivity index (χ0n) is 16.6. The Balaban J connectivity index is 1.63. The summed E-state index contributed by atoms with van der Waals surface area (Å²) in [6.45, 7) is -0.353. The molecule has 162 valence electrons. The molecule has 3 aromatic carbocycles. The van der Waals surface area contributed by atoms with Crippen LogP contribution in [0, 0.1) is 0 Å². The summed E-state index contributed by atoms with van der Waals surface area (Å²) in [6.07, 6.45) is 1.05. The molecule has 1 N–H and O–H groups in total. The molecule has 0 spiro atoms. The van der Waals surface area contributed by atoms with Crippen LogP contribution in [0.5, 0.6) is 11.5 Å².